The smallest absolute Gasteiger partial charge is 0.359 e. The second kappa shape index (κ2) is 13.5. The third kappa shape index (κ3) is 6.49. The second-order valence-corrected chi connectivity index (χ2v) is 11.8. The number of nitrogens with one attached hydrogen (secondary N) is 1. The molecular weight excluding hydrogens is 665 g/mol. The molecular formula is C33H28ClF3N8O4. The summed E-state index contributed by atoms with van der Waals surface area (Å²) in [5.41, 5.74) is 6.05. The first-order valence-electron chi connectivity index (χ1n) is 15.0. The van der Waals surface area contributed by atoms with Crippen LogP contribution in [0.25, 0.3) is 27.4 Å². The maximum atomic E-state index is 14.4. The number of fused-ring (bicyclic) bond motifs is 2. The van der Waals surface area contributed by atoms with Crippen LogP contribution in [-0.2, 0) is 31.4 Å². The highest BCUT2D eigenvalue weighted by Gasteiger charge is 2.22. The van der Waals surface area contributed by atoms with Gasteiger partial charge in [-0.2, -0.15) is 10.1 Å². The Morgan fingerprint density at radius 1 is 1.08 bits per heavy atom. The minimum Gasteiger partial charge on any atom is -0.481 e. The summed E-state index contributed by atoms with van der Waals surface area (Å²) in [7, 11) is 1.71. The highest BCUT2D eigenvalue weighted by atomic mass is 35.5. The summed E-state index contributed by atoms with van der Waals surface area (Å²) in [6, 6.07) is 8.36. The molecule has 0 bridgehead atoms. The van der Waals surface area contributed by atoms with Gasteiger partial charge in [-0.15, -0.1) is 0 Å². The van der Waals surface area contributed by atoms with E-state index in [0.29, 0.717) is 46.5 Å². The van der Waals surface area contributed by atoms with Crippen molar-refractivity contribution in [2.24, 2.45) is 12.8 Å². The van der Waals surface area contributed by atoms with E-state index in [-0.39, 0.29) is 40.9 Å². The van der Waals surface area contributed by atoms with Gasteiger partial charge in [-0.1, -0.05) is 29.8 Å². The lowest BCUT2D eigenvalue weighted by Crippen LogP contribution is -2.42. The average Bonchev–Trinajstić information content (AvgIpc) is 3.43. The van der Waals surface area contributed by atoms with Gasteiger partial charge in [-0.25, -0.2) is 27.3 Å². The van der Waals surface area contributed by atoms with Crippen molar-refractivity contribution in [2.45, 2.75) is 38.8 Å². The molecule has 3 aromatic carbocycles. The molecule has 3 aromatic heterocycles. The van der Waals surface area contributed by atoms with Gasteiger partial charge in [0.25, 0.3) is 0 Å². The third-order valence-electron chi connectivity index (χ3n) is 8.06. The highest BCUT2D eigenvalue weighted by Crippen LogP contribution is 2.35. The Labute approximate surface area is 280 Å². The van der Waals surface area contributed by atoms with Crippen LogP contribution in [0.4, 0.5) is 24.8 Å². The van der Waals surface area contributed by atoms with Gasteiger partial charge in [-0.05, 0) is 48.6 Å². The van der Waals surface area contributed by atoms with Gasteiger partial charge in [-0.3, -0.25) is 19.0 Å². The number of aliphatic carboxylic acids is 1. The molecule has 0 unspecified atom stereocenters. The van der Waals surface area contributed by atoms with Gasteiger partial charge in [0.2, 0.25) is 5.95 Å². The lowest BCUT2D eigenvalue weighted by atomic mass is 9.99. The van der Waals surface area contributed by atoms with E-state index in [1.165, 1.54) is 6.20 Å². The number of carboxylic acids is 1. The molecule has 0 aliphatic rings. The molecule has 4 N–H and O–H groups in total. The Kier molecular flexibility index (Phi) is 9.21. The number of unbranched alkanes of at least 4 members (excludes halogenated alkanes) is 1. The number of aromatic nitrogens is 6. The molecule has 12 nitrogen and oxygen atoms in total. The van der Waals surface area contributed by atoms with Crippen molar-refractivity contribution >= 4 is 50.9 Å². The van der Waals surface area contributed by atoms with Crippen molar-refractivity contribution in [1.82, 2.24) is 28.9 Å². The van der Waals surface area contributed by atoms with E-state index < -0.39 is 41.3 Å². The van der Waals surface area contributed by atoms with Crippen LogP contribution in [-0.4, -0.2) is 40.0 Å². The summed E-state index contributed by atoms with van der Waals surface area (Å²) in [5, 5.41) is 18.2. The summed E-state index contributed by atoms with van der Waals surface area (Å²) in [6.07, 6.45) is 5.93. The third-order valence-corrected chi connectivity index (χ3v) is 8.36. The van der Waals surface area contributed by atoms with Crippen LogP contribution in [0.2, 0.25) is 5.02 Å². The Morgan fingerprint density at radius 2 is 1.84 bits per heavy atom. The van der Waals surface area contributed by atoms with Crippen molar-refractivity contribution in [1.29, 1.82) is 0 Å². The van der Waals surface area contributed by atoms with Crippen molar-refractivity contribution in [2.75, 3.05) is 5.32 Å². The van der Waals surface area contributed by atoms with Gasteiger partial charge in [0, 0.05) is 54.1 Å². The van der Waals surface area contributed by atoms with E-state index in [0.717, 1.165) is 26.8 Å². The number of carbonyl (C=O) groups is 1. The minimum absolute atomic E-state index is 0.0179. The molecule has 0 atom stereocenters. The average molecular weight is 693 g/mol. The zero-order valence-corrected chi connectivity index (χ0v) is 26.6. The Hall–Kier alpha value is -5.54. The predicted octanol–water partition coefficient (Wildman–Crippen LogP) is 4.95. The van der Waals surface area contributed by atoms with E-state index >= 15 is 0 Å². The fourth-order valence-corrected chi connectivity index (χ4v) is 6.12. The number of pyridine rings is 1. The van der Waals surface area contributed by atoms with Crippen molar-refractivity contribution in [3.8, 4) is 5.69 Å². The summed E-state index contributed by atoms with van der Waals surface area (Å²) < 4.78 is 45.8. The maximum Gasteiger partial charge on any atom is 0.359 e. The van der Waals surface area contributed by atoms with Crippen LogP contribution in [0.3, 0.4) is 0 Å². The molecule has 49 heavy (non-hydrogen) atoms. The van der Waals surface area contributed by atoms with E-state index in [9.17, 15) is 27.6 Å². The fraction of sp³-hybridized carbons (Fsp3) is 0.212. The van der Waals surface area contributed by atoms with Crippen LogP contribution < -0.4 is 22.4 Å². The summed E-state index contributed by atoms with van der Waals surface area (Å²) in [5.74, 6) is -5.88. The van der Waals surface area contributed by atoms with Crippen LogP contribution >= 0.6 is 11.6 Å². The van der Waals surface area contributed by atoms with Crippen molar-refractivity contribution in [3.63, 3.8) is 0 Å². The Bertz CT molecular complexity index is 2360. The zero-order valence-electron chi connectivity index (χ0n) is 25.9. The first-order valence-corrected chi connectivity index (χ1v) is 15.4. The first kappa shape index (κ1) is 33.4. The maximum absolute atomic E-state index is 14.4. The SMILES string of the molecule is Cn1cc2c(CN)c(Nc3nc(=O)n(-c4cncc5cccc(CCCCC(=O)O)c45)c(=O)n3Cc3cc(F)c(F)c(F)c3)c(Cl)cc2n1. The molecule has 0 aliphatic carbocycles. The number of nitrogens with two attached hydrogens (primary N) is 1. The highest BCUT2D eigenvalue weighted by molar-refractivity contribution is 6.34. The second-order valence-electron chi connectivity index (χ2n) is 11.3. The number of hydrogen-bond acceptors (Lipinski definition) is 8. The van der Waals surface area contributed by atoms with Crippen LogP contribution in [0.1, 0.15) is 36.0 Å². The van der Waals surface area contributed by atoms with Crippen molar-refractivity contribution < 1.29 is 23.1 Å². The zero-order chi connectivity index (χ0) is 35.0. The quantitative estimate of drug-likeness (QED) is 0.126. The lowest BCUT2D eigenvalue weighted by Gasteiger charge is -2.19. The van der Waals surface area contributed by atoms with Crippen LogP contribution in [0.5, 0.6) is 0 Å². The molecule has 0 fully saturated rings. The molecule has 0 saturated carbocycles. The number of hydrogen-bond donors (Lipinski definition) is 3. The lowest BCUT2D eigenvalue weighted by molar-refractivity contribution is -0.137. The molecule has 252 valence electrons. The number of nitrogens with zero attached hydrogens (tertiary/aromatic N) is 6. The number of halogens is 4. The number of aryl methyl sites for hydroxylation is 2. The number of rotatable bonds is 11. The van der Waals surface area contributed by atoms with E-state index in [1.807, 2.05) is 0 Å². The van der Waals surface area contributed by atoms with Gasteiger partial charge < -0.3 is 16.2 Å². The molecule has 0 aliphatic heterocycles. The summed E-state index contributed by atoms with van der Waals surface area (Å²) in [4.78, 5) is 47.7. The van der Waals surface area contributed by atoms with E-state index in [4.69, 9.17) is 22.4 Å². The molecule has 0 amide bonds. The van der Waals surface area contributed by atoms with E-state index in [2.05, 4.69) is 20.4 Å². The minimum atomic E-state index is -1.68. The summed E-state index contributed by atoms with van der Waals surface area (Å²) >= 11 is 6.63. The molecule has 6 aromatic rings. The number of benzene rings is 3. The van der Waals surface area contributed by atoms with E-state index in [1.54, 1.807) is 48.4 Å². The van der Waals surface area contributed by atoms with Crippen molar-refractivity contribution in [3.05, 3.63) is 115 Å². The molecule has 0 saturated heterocycles. The molecule has 0 radical (unpaired) electrons. The number of carboxylic acid groups (broad SMARTS) is 1. The van der Waals surface area contributed by atoms with Gasteiger partial charge in [0.05, 0.1) is 34.7 Å². The fourth-order valence-electron chi connectivity index (χ4n) is 5.86. The van der Waals surface area contributed by atoms with Crippen LogP contribution in [0, 0.1) is 17.5 Å². The van der Waals surface area contributed by atoms with Gasteiger partial charge >= 0.3 is 17.3 Å². The molecule has 16 heteroatoms. The Morgan fingerprint density at radius 3 is 2.55 bits per heavy atom. The topological polar surface area (TPSA) is 163 Å². The van der Waals surface area contributed by atoms with Gasteiger partial charge in [0.1, 0.15) is 0 Å². The summed E-state index contributed by atoms with van der Waals surface area (Å²) in [6.45, 7) is -0.578. The molecule has 6 rings (SSSR count). The predicted molar refractivity (Wildman–Crippen MR) is 177 cm³/mol. The van der Waals surface area contributed by atoms with Crippen LogP contribution in [0.15, 0.2) is 64.6 Å². The van der Waals surface area contributed by atoms with Gasteiger partial charge in [0.15, 0.2) is 17.5 Å². The standard InChI is InChI=1S/C33H28ClF3N8O4/c1-43-16-21-20(12-38)30(22(34)11-25(21)42-43)40-31-41-32(48)45(33(49)44(31)15-17-9-23(35)29(37)24(36)10-17)26-14-39-13-19-7-4-6-18(28(19)26)5-2-3-8-27(46)47/h4,6-7,9-11,13-14,16H,2-3,5,8,12,15,38H2,1H3,(H,46,47)(H,40,41,48). The first-order chi connectivity index (χ1) is 23.5. The Balaban J connectivity index is 1.55. The molecule has 3 heterocycles. The number of anilines is 2. The molecule has 0 spiro atoms. The normalized spacial score (nSPS) is 11.5. The largest absolute Gasteiger partial charge is 0.481 e. The monoisotopic (exact) mass is 692 g/mol.